The maximum absolute atomic E-state index is 12.1. The Bertz CT molecular complexity index is 913. The average Bonchev–Trinajstić information content (AvgIpc) is 2.96. The number of hydrogen-bond acceptors (Lipinski definition) is 4. The molecule has 0 saturated carbocycles. The summed E-state index contributed by atoms with van der Waals surface area (Å²) in [6.07, 6.45) is 0.610. The van der Waals surface area contributed by atoms with Gasteiger partial charge in [0, 0.05) is 21.3 Å². The topological polar surface area (TPSA) is 51.2 Å². The van der Waals surface area contributed by atoms with E-state index in [2.05, 4.69) is 10.3 Å². The van der Waals surface area contributed by atoms with Crippen molar-refractivity contribution in [2.24, 2.45) is 0 Å². The van der Waals surface area contributed by atoms with Crippen molar-refractivity contribution in [2.45, 2.75) is 13.3 Å². The van der Waals surface area contributed by atoms with Crippen LogP contribution in [0.25, 0.3) is 0 Å². The minimum atomic E-state index is -0.255. The monoisotopic (exact) mass is 406 g/mol. The normalized spacial score (nSPS) is 10.6. The quantitative estimate of drug-likeness (QED) is 0.598. The van der Waals surface area contributed by atoms with Crippen LogP contribution in [0.1, 0.15) is 16.1 Å². The highest BCUT2D eigenvalue weighted by Crippen LogP contribution is 2.29. The highest BCUT2D eigenvalue weighted by molar-refractivity contribution is 7.15. The second-order valence-corrected chi connectivity index (χ2v) is 7.52. The molecule has 1 amide bonds. The van der Waals surface area contributed by atoms with E-state index >= 15 is 0 Å². The van der Waals surface area contributed by atoms with Crippen molar-refractivity contribution in [1.82, 2.24) is 4.98 Å². The zero-order valence-electron chi connectivity index (χ0n) is 14.0. The molecule has 1 N–H and O–H groups in total. The van der Waals surface area contributed by atoms with E-state index in [4.69, 9.17) is 27.9 Å². The van der Waals surface area contributed by atoms with Gasteiger partial charge in [0.1, 0.15) is 5.75 Å². The summed E-state index contributed by atoms with van der Waals surface area (Å²) in [6, 6.07) is 14.6. The fraction of sp³-hybridized carbons (Fsp3) is 0.158. The minimum absolute atomic E-state index is 0.0713. The Labute approximate surface area is 165 Å². The number of hydrogen-bond donors (Lipinski definition) is 1. The van der Waals surface area contributed by atoms with E-state index < -0.39 is 0 Å². The molecule has 3 aromatic rings. The molecule has 134 valence electrons. The molecule has 1 aromatic heterocycles. The Balaban J connectivity index is 1.62. The molecular formula is C19H16Cl2N2O2S. The van der Waals surface area contributed by atoms with Crippen molar-refractivity contribution in [1.29, 1.82) is 0 Å². The molecule has 2 aromatic carbocycles. The smallest absolute Gasteiger partial charge is 0.264 e. The molecule has 4 nitrogen and oxygen atoms in total. The summed E-state index contributed by atoms with van der Waals surface area (Å²) in [5.41, 5.74) is 1.78. The molecule has 0 radical (unpaired) electrons. The predicted molar refractivity (Wildman–Crippen MR) is 107 cm³/mol. The first kappa shape index (κ1) is 18.7. The van der Waals surface area contributed by atoms with E-state index in [0.717, 1.165) is 16.1 Å². The van der Waals surface area contributed by atoms with E-state index in [1.165, 1.54) is 11.3 Å². The number of carbonyl (C=O) groups is 1. The Kier molecular flexibility index (Phi) is 6.14. The number of thiazole rings is 1. The van der Waals surface area contributed by atoms with Gasteiger partial charge in [-0.15, -0.1) is 11.3 Å². The summed E-state index contributed by atoms with van der Waals surface area (Å²) in [5.74, 6) is 0.393. The fourth-order valence-corrected chi connectivity index (χ4v) is 3.70. The summed E-state index contributed by atoms with van der Waals surface area (Å²) >= 11 is 13.7. The van der Waals surface area contributed by atoms with Crippen molar-refractivity contribution in [3.05, 3.63) is 74.7 Å². The summed E-state index contributed by atoms with van der Waals surface area (Å²) in [7, 11) is 0. The molecular weight excluding hydrogens is 391 g/mol. The number of amides is 1. The minimum Gasteiger partial charge on any atom is -0.484 e. The number of rotatable bonds is 6. The standard InChI is InChI=1S/C19H16Cl2N2O2S/c1-12-17(10-13-9-14(20)7-8-16(13)21)26-19(22-12)23-18(24)11-25-15-5-3-2-4-6-15/h2-9H,10-11H2,1H3,(H,22,23,24). The summed E-state index contributed by atoms with van der Waals surface area (Å²) in [4.78, 5) is 17.5. The molecule has 0 fully saturated rings. The van der Waals surface area contributed by atoms with E-state index in [9.17, 15) is 4.79 Å². The SMILES string of the molecule is Cc1nc(NC(=O)COc2ccccc2)sc1Cc1cc(Cl)ccc1Cl. The van der Waals surface area contributed by atoms with Crippen LogP contribution in [0.3, 0.4) is 0 Å². The van der Waals surface area contributed by atoms with E-state index in [1.807, 2.05) is 31.2 Å². The lowest BCUT2D eigenvalue weighted by Gasteiger charge is -2.05. The highest BCUT2D eigenvalue weighted by Gasteiger charge is 2.13. The van der Waals surface area contributed by atoms with Gasteiger partial charge in [0.2, 0.25) is 0 Å². The lowest BCUT2D eigenvalue weighted by atomic mass is 10.1. The number of anilines is 1. The van der Waals surface area contributed by atoms with Crippen molar-refractivity contribution >= 4 is 45.6 Å². The van der Waals surface area contributed by atoms with Crippen LogP contribution in [-0.2, 0) is 11.2 Å². The molecule has 7 heteroatoms. The third-order valence-electron chi connectivity index (χ3n) is 3.61. The number of ether oxygens (including phenoxy) is 1. The number of aromatic nitrogens is 1. The molecule has 0 aliphatic rings. The second kappa shape index (κ2) is 8.54. The van der Waals surface area contributed by atoms with Gasteiger partial charge in [-0.05, 0) is 42.8 Å². The number of carbonyl (C=O) groups excluding carboxylic acids is 1. The molecule has 3 rings (SSSR count). The maximum Gasteiger partial charge on any atom is 0.264 e. The largest absolute Gasteiger partial charge is 0.484 e. The van der Waals surface area contributed by atoms with E-state index in [1.54, 1.807) is 24.3 Å². The van der Waals surface area contributed by atoms with Gasteiger partial charge < -0.3 is 4.74 Å². The van der Waals surface area contributed by atoms with Crippen molar-refractivity contribution in [3.63, 3.8) is 0 Å². The predicted octanol–water partition coefficient (Wildman–Crippen LogP) is 5.37. The van der Waals surface area contributed by atoms with Crippen LogP contribution < -0.4 is 10.1 Å². The number of para-hydroxylation sites is 1. The Morgan fingerprint density at radius 1 is 1.19 bits per heavy atom. The van der Waals surface area contributed by atoms with Crippen molar-refractivity contribution in [3.8, 4) is 5.75 Å². The molecule has 0 aliphatic heterocycles. The molecule has 1 heterocycles. The van der Waals surface area contributed by atoms with Gasteiger partial charge in [0.05, 0.1) is 5.69 Å². The summed E-state index contributed by atoms with van der Waals surface area (Å²) in [6.45, 7) is 1.83. The zero-order valence-corrected chi connectivity index (χ0v) is 16.3. The van der Waals surface area contributed by atoms with Crippen LogP contribution in [0.15, 0.2) is 48.5 Å². The lowest BCUT2D eigenvalue weighted by Crippen LogP contribution is -2.20. The first-order valence-corrected chi connectivity index (χ1v) is 9.46. The molecule has 0 atom stereocenters. The van der Waals surface area contributed by atoms with Gasteiger partial charge in [-0.3, -0.25) is 10.1 Å². The van der Waals surface area contributed by atoms with Gasteiger partial charge in [0.25, 0.3) is 5.91 Å². The number of halogens is 2. The van der Waals surface area contributed by atoms with Crippen LogP contribution in [0.5, 0.6) is 5.75 Å². The van der Waals surface area contributed by atoms with Crippen molar-refractivity contribution < 1.29 is 9.53 Å². The maximum atomic E-state index is 12.1. The molecule has 0 aliphatic carbocycles. The average molecular weight is 407 g/mol. The Morgan fingerprint density at radius 2 is 1.96 bits per heavy atom. The van der Waals surface area contributed by atoms with Crippen LogP contribution >= 0.6 is 34.5 Å². The molecule has 0 spiro atoms. The van der Waals surface area contributed by atoms with Crippen LogP contribution in [0.2, 0.25) is 10.0 Å². The highest BCUT2D eigenvalue weighted by atomic mass is 35.5. The first-order valence-electron chi connectivity index (χ1n) is 7.89. The summed E-state index contributed by atoms with van der Waals surface area (Å²) < 4.78 is 5.43. The first-order chi connectivity index (χ1) is 12.5. The zero-order chi connectivity index (χ0) is 18.5. The molecule has 0 saturated heterocycles. The second-order valence-electron chi connectivity index (χ2n) is 5.59. The summed E-state index contributed by atoms with van der Waals surface area (Å²) in [5, 5.41) is 4.60. The van der Waals surface area contributed by atoms with Gasteiger partial charge in [-0.25, -0.2) is 4.98 Å². The van der Waals surface area contributed by atoms with Gasteiger partial charge in [0.15, 0.2) is 11.7 Å². The van der Waals surface area contributed by atoms with Crippen molar-refractivity contribution in [2.75, 3.05) is 11.9 Å². The molecule has 26 heavy (non-hydrogen) atoms. The molecule has 0 unspecified atom stereocenters. The Morgan fingerprint density at radius 3 is 2.73 bits per heavy atom. The van der Waals surface area contributed by atoms with Gasteiger partial charge >= 0.3 is 0 Å². The number of nitrogens with zero attached hydrogens (tertiary/aromatic N) is 1. The van der Waals surface area contributed by atoms with Crippen LogP contribution in [0, 0.1) is 6.92 Å². The fourth-order valence-electron chi connectivity index (χ4n) is 2.32. The number of aryl methyl sites for hydroxylation is 1. The Hall–Kier alpha value is -2.08. The van der Waals surface area contributed by atoms with Crippen LogP contribution in [0.4, 0.5) is 5.13 Å². The van der Waals surface area contributed by atoms with Crippen LogP contribution in [-0.4, -0.2) is 17.5 Å². The molecule has 0 bridgehead atoms. The third kappa shape index (κ3) is 4.97. The van der Waals surface area contributed by atoms with E-state index in [-0.39, 0.29) is 12.5 Å². The number of nitrogens with one attached hydrogen (secondary N) is 1. The van der Waals surface area contributed by atoms with E-state index in [0.29, 0.717) is 27.3 Å². The third-order valence-corrected chi connectivity index (χ3v) is 5.29. The van der Waals surface area contributed by atoms with Gasteiger partial charge in [-0.2, -0.15) is 0 Å². The van der Waals surface area contributed by atoms with Gasteiger partial charge in [-0.1, -0.05) is 41.4 Å². The number of benzene rings is 2. The lowest BCUT2D eigenvalue weighted by molar-refractivity contribution is -0.118.